The maximum Gasteiger partial charge on any atom is 0.235 e. The van der Waals surface area contributed by atoms with E-state index < -0.39 is 22.7 Å². The fraction of sp³-hybridized carbons (Fsp3) is 0.316. The number of fused-ring (bicyclic) bond motifs is 2. The third kappa shape index (κ3) is 1.61. The van der Waals surface area contributed by atoms with Crippen molar-refractivity contribution in [3.05, 3.63) is 34.1 Å². The Morgan fingerprint density at radius 3 is 2.32 bits per heavy atom. The third-order valence-electron chi connectivity index (χ3n) is 5.54. The summed E-state index contributed by atoms with van der Waals surface area (Å²) in [5, 5.41) is 42.1. The molecule has 1 aliphatic carbocycles. The second-order valence-electron chi connectivity index (χ2n) is 7.27. The van der Waals surface area contributed by atoms with Gasteiger partial charge in [0.05, 0.1) is 11.1 Å². The van der Waals surface area contributed by atoms with E-state index in [-0.39, 0.29) is 34.1 Å². The molecule has 0 radical (unpaired) electrons. The number of allylic oxidation sites excluding steroid dienone is 1. The molecule has 2 aromatic rings. The highest BCUT2D eigenvalue weighted by Crippen LogP contribution is 2.56. The first-order valence-electron chi connectivity index (χ1n) is 7.98. The molecule has 2 aromatic carbocycles. The number of aryl methyl sites for hydroxylation is 1. The summed E-state index contributed by atoms with van der Waals surface area (Å²) in [6.07, 6.45) is -0.255. The Morgan fingerprint density at radius 2 is 1.68 bits per heavy atom. The van der Waals surface area contributed by atoms with E-state index in [1.807, 2.05) is 20.8 Å². The van der Waals surface area contributed by atoms with Crippen LogP contribution >= 0.6 is 0 Å². The van der Waals surface area contributed by atoms with Crippen molar-refractivity contribution in [1.82, 2.24) is 0 Å². The van der Waals surface area contributed by atoms with E-state index in [0.717, 1.165) is 0 Å². The topological polar surface area (TPSA) is 107 Å². The van der Waals surface area contributed by atoms with Crippen molar-refractivity contribution in [3.8, 4) is 17.2 Å². The average molecular weight is 342 g/mol. The van der Waals surface area contributed by atoms with Gasteiger partial charge in [0.2, 0.25) is 11.5 Å². The van der Waals surface area contributed by atoms with Crippen LogP contribution < -0.4 is 4.74 Å². The molecule has 6 nitrogen and oxygen atoms in total. The van der Waals surface area contributed by atoms with Crippen molar-refractivity contribution >= 4 is 22.3 Å². The largest absolute Gasteiger partial charge is 0.507 e. The van der Waals surface area contributed by atoms with Gasteiger partial charge in [0, 0.05) is 21.8 Å². The number of Topliss-reactive ketones (excluding diaryl/α,β-unsaturated/α-hetero) is 1. The summed E-state index contributed by atoms with van der Waals surface area (Å²) in [5.74, 6) is -2.61. The van der Waals surface area contributed by atoms with Gasteiger partial charge in [-0.3, -0.25) is 4.79 Å². The molecule has 0 bridgehead atoms. The van der Waals surface area contributed by atoms with E-state index in [2.05, 4.69) is 0 Å². The summed E-state index contributed by atoms with van der Waals surface area (Å²) in [5.41, 5.74) is 0.370. The minimum absolute atomic E-state index is 0.0771. The Kier molecular flexibility index (Phi) is 2.74. The molecule has 0 saturated heterocycles. The zero-order valence-electron chi connectivity index (χ0n) is 14.3. The maximum absolute atomic E-state index is 12.6. The normalized spacial score (nSPS) is 20.8. The second kappa shape index (κ2) is 4.39. The number of carbonyl (C=O) groups is 1. The molecule has 1 aliphatic heterocycles. The van der Waals surface area contributed by atoms with E-state index in [0.29, 0.717) is 22.3 Å². The highest BCUT2D eigenvalue weighted by molar-refractivity contribution is 6.26. The lowest BCUT2D eigenvalue weighted by Crippen LogP contribution is -2.29. The first kappa shape index (κ1) is 15.6. The van der Waals surface area contributed by atoms with Crippen molar-refractivity contribution in [1.29, 1.82) is 0 Å². The summed E-state index contributed by atoms with van der Waals surface area (Å²) in [4.78, 5) is 12.6. The van der Waals surface area contributed by atoms with Crippen molar-refractivity contribution in [2.45, 2.75) is 39.2 Å². The number of rotatable bonds is 0. The van der Waals surface area contributed by atoms with E-state index in [1.54, 1.807) is 6.92 Å². The third-order valence-corrected chi connectivity index (χ3v) is 5.54. The first-order chi connectivity index (χ1) is 11.6. The van der Waals surface area contributed by atoms with Crippen LogP contribution in [0.1, 0.15) is 47.8 Å². The average Bonchev–Trinajstić information content (AvgIpc) is 2.74. The zero-order valence-corrected chi connectivity index (χ0v) is 14.3. The van der Waals surface area contributed by atoms with Crippen molar-refractivity contribution in [2.24, 2.45) is 0 Å². The smallest absolute Gasteiger partial charge is 0.235 e. The molecule has 6 heteroatoms. The number of aliphatic hydroxyl groups is 2. The van der Waals surface area contributed by atoms with Crippen LogP contribution in [0.3, 0.4) is 0 Å². The number of carbonyl (C=O) groups excluding carboxylic acids is 1. The summed E-state index contributed by atoms with van der Waals surface area (Å²) in [6.45, 7) is 7.42. The molecule has 4 N–H and O–H groups in total. The molecule has 4 rings (SSSR count). The molecule has 0 spiro atoms. The molecule has 130 valence electrons. The highest BCUT2D eigenvalue weighted by Gasteiger charge is 2.46. The van der Waals surface area contributed by atoms with Crippen LogP contribution in [0.2, 0.25) is 0 Å². The standard InChI is InChI=1S/C19H18O6/c1-6-5-8(20)10-11-9(6)18-13(19(3,4)7(2)25-18)14(21)12(11)16(23)17(24)15(10)22/h5,7,20-22,24H,1-4H3. The molecule has 0 aromatic heterocycles. The van der Waals surface area contributed by atoms with Crippen LogP contribution in [0.4, 0.5) is 0 Å². The summed E-state index contributed by atoms with van der Waals surface area (Å²) < 4.78 is 6.00. The molecular formula is C19H18O6. The fourth-order valence-corrected chi connectivity index (χ4v) is 3.87. The molecule has 0 saturated carbocycles. The predicted molar refractivity (Wildman–Crippen MR) is 91.6 cm³/mol. The van der Waals surface area contributed by atoms with Crippen LogP contribution in [0.15, 0.2) is 11.8 Å². The molecule has 1 atom stereocenters. The van der Waals surface area contributed by atoms with Crippen molar-refractivity contribution in [2.75, 3.05) is 0 Å². The van der Waals surface area contributed by atoms with E-state index in [4.69, 9.17) is 4.74 Å². The minimum atomic E-state index is -0.895. The van der Waals surface area contributed by atoms with Gasteiger partial charge in [-0.2, -0.15) is 0 Å². The Hall–Kier alpha value is -2.89. The second-order valence-corrected chi connectivity index (χ2v) is 7.27. The van der Waals surface area contributed by atoms with Gasteiger partial charge in [0.1, 0.15) is 23.4 Å². The summed E-state index contributed by atoms with van der Waals surface area (Å²) >= 11 is 0. The first-order valence-corrected chi connectivity index (χ1v) is 7.98. The van der Waals surface area contributed by atoms with Crippen LogP contribution in [0.5, 0.6) is 17.2 Å². The molecule has 2 aliphatic rings. The Balaban J connectivity index is 2.33. The SMILES string of the molecule is Cc1cc(O)c2c3c(c(O)c4c(c13)OC(C)C4(C)C)C(=O)C(O)=C2O. The lowest BCUT2D eigenvalue weighted by atomic mass is 9.76. The van der Waals surface area contributed by atoms with Gasteiger partial charge in [-0.1, -0.05) is 13.8 Å². The Bertz CT molecular complexity index is 1030. The predicted octanol–water partition coefficient (Wildman–Crippen LogP) is 3.60. The van der Waals surface area contributed by atoms with Crippen LogP contribution in [0.25, 0.3) is 16.5 Å². The molecule has 1 unspecified atom stereocenters. The number of aromatic hydroxyl groups is 2. The van der Waals surface area contributed by atoms with Crippen LogP contribution in [-0.2, 0) is 5.41 Å². The van der Waals surface area contributed by atoms with Gasteiger partial charge in [0.25, 0.3) is 0 Å². The Morgan fingerprint density at radius 1 is 1.04 bits per heavy atom. The van der Waals surface area contributed by atoms with Gasteiger partial charge >= 0.3 is 0 Å². The highest BCUT2D eigenvalue weighted by atomic mass is 16.5. The quantitative estimate of drug-likeness (QED) is 0.583. The van der Waals surface area contributed by atoms with E-state index in [1.165, 1.54) is 6.07 Å². The molecule has 1 heterocycles. The van der Waals surface area contributed by atoms with Crippen molar-refractivity contribution in [3.63, 3.8) is 0 Å². The van der Waals surface area contributed by atoms with Crippen LogP contribution in [0, 0.1) is 6.92 Å². The molecule has 0 amide bonds. The molecule has 0 fully saturated rings. The number of ether oxygens (including phenoxy) is 1. The van der Waals surface area contributed by atoms with Gasteiger partial charge in [0.15, 0.2) is 5.76 Å². The lowest BCUT2D eigenvalue weighted by Gasteiger charge is -2.25. The number of hydrogen-bond acceptors (Lipinski definition) is 6. The van der Waals surface area contributed by atoms with E-state index >= 15 is 0 Å². The van der Waals surface area contributed by atoms with E-state index in [9.17, 15) is 25.2 Å². The number of benzene rings is 2. The van der Waals surface area contributed by atoms with Crippen molar-refractivity contribution < 1.29 is 30.0 Å². The monoisotopic (exact) mass is 342 g/mol. The number of phenols is 2. The zero-order chi connectivity index (χ0) is 18.4. The van der Waals surface area contributed by atoms with Gasteiger partial charge in [-0.05, 0) is 25.5 Å². The maximum atomic E-state index is 12.6. The molecular weight excluding hydrogens is 324 g/mol. The lowest BCUT2D eigenvalue weighted by molar-refractivity contribution is 0.0972. The van der Waals surface area contributed by atoms with Gasteiger partial charge < -0.3 is 25.2 Å². The van der Waals surface area contributed by atoms with Gasteiger partial charge in [-0.15, -0.1) is 0 Å². The molecule has 25 heavy (non-hydrogen) atoms. The fourth-order valence-electron chi connectivity index (χ4n) is 3.87. The van der Waals surface area contributed by atoms with Gasteiger partial charge in [-0.25, -0.2) is 0 Å². The van der Waals surface area contributed by atoms with Crippen LogP contribution in [-0.4, -0.2) is 32.3 Å². The Labute approximate surface area is 143 Å². The summed E-state index contributed by atoms with van der Waals surface area (Å²) in [6, 6.07) is 1.44. The number of aliphatic hydroxyl groups excluding tert-OH is 2. The number of ketones is 1. The summed E-state index contributed by atoms with van der Waals surface area (Å²) in [7, 11) is 0. The number of phenolic OH excluding ortho intramolecular Hbond substituents is 2. The minimum Gasteiger partial charge on any atom is -0.507 e. The number of hydrogen-bond donors (Lipinski definition) is 4.